The van der Waals surface area contributed by atoms with Gasteiger partial charge in [0.1, 0.15) is 0 Å². The quantitative estimate of drug-likeness (QED) is 0.245. The summed E-state index contributed by atoms with van der Waals surface area (Å²) >= 11 is 0. The Labute approximate surface area is 220 Å². The van der Waals surface area contributed by atoms with Gasteiger partial charge in [-0.3, -0.25) is 4.84 Å². The molecule has 0 unspecified atom stereocenters. The van der Waals surface area contributed by atoms with E-state index in [1.807, 2.05) is 13.8 Å². The van der Waals surface area contributed by atoms with Crippen molar-refractivity contribution in [3.8, 4) is 0 Å². The summed E-state index contributed by atoms with van der Waals surface area (Å²) < 4.78 is 0. The first-order valence-electron chi connectivity index (χ1n) is 14.9. The van der Waals surface area contributed by atoms with Gasteiger partial charge in [-0.1, -0.05) is 32.9 Å². The first-order valence-corrected chi connectivity index (χ1v) is 14.9. The number of aliphatic hydroxyl groups excluding tert-OH is 1. The summed E-state index contributed by atoms with van der Waals surface area (Å²) in [6, 6.07) is 0.465. The standard InChI is InChI=1S/C30H53N3O3/c1-19(2)31-16-17-33(20(3)4)28(35)36-32-21(5)25-10-11-26-24-9-8-22-18-23(34)12-14-29(22,6)27(24)13-15-30(25,26)7/h19-20,22-27,31,34H,8-18H2,1-7H3/b32-21+/t22-,23+,24+,25-,26+,27+,29+,30-/m1/s1. The van der Waals surface area contributed by atoms with Gasteiger partial charge in [-0.2, -0.15) is 0 Å². The minimum atomic E-state index is -0.343. The number of carbonyl (C=O) groups excluding carboxylic acids is 1. The molecule has 4 aliphatic rings. The number of hydrogen-bond donors (Lipinski definition) is 2. The molecule has 4 fully saturated rings. The Hall–Kier alpha value is -1.14. The number of aliphatic hydroxyl groups is 1. The normalized spacial score (nSPS) is 40.6. The van der Waals surface area contributed by atoms with Crippen molar-refractivity contribution in [3.05, 3.63) is 0 Å². The number of rotatable bonds is 7. The second-order valence-electron chi connectivity index (χ2n) is 13.7. The van der Waals surface area contributed by atoms with Gasteiger partial charge in [-0.05, 0) is 113 Å². The van der Waals surface area contributed by atoms with Crippen LogP contribution in [0.3, 0.4) is 0 Å². The Morgan fingerprint density at radius 1 is 1.03 bits per heavy atom. The predicted octanol–water partition coefficient (Wildman–Crippen LogP) is 6.23. The zero-order chi connectivity index (χ0) is 26.3. The SMILES string of the molecule is C/C(=N\OC(=O)N(CCNC(C)C)C(C)C)[C@H]1CC[C@H]2[C@@H]3CC[C@@H]4C[C@@H](O)CC[C@]4(C)[C@H]3CC[C@]12C. The van der Waals surface area contributed by atoms with Gasteiger partial charge in [-0.25, -0.2) is 4.79 Å². The number of nitrogens with one attached hydrogen (secondary N) is 1. The molecular weight excluding hydrogens is 450 g/mol. The molecule has 6 nitrogen and oxygen atoms in total. The van der Waals surface area contributed by atoms with Gasteiger partial charge < -0.3 is 15.3 Å². The summed E-state index contributed by atoms with van der Waals surface area (Å²) in [5, 5.41) is 18.1. The van der Waals surface area contributed by atoms with Crippen molar-refractivity contribution in [2.45, 2.75) is 124 Å². The molecule has 36 heavy (non-hydrogen) atoms. The molecule has 0 bridgehead atoms. The van der Waals surface area contributed by atoms with Gasteiger partial charge in [0.05, 0.1) is 11.8 Å². The minimum Gasteiger partial charge on any atom is -0.393 e. The van der Waals surface area contributed by atoms with Crippen LogP contribution < -0.4 is 5.32 Å². The van der Waals surface area contributed by atoms with Crippen LogP contribution in [0.1, 0.15) is 106 Å². The molecule has 4 aliphatic carbocycles. The Kier molecular flexibility index (Phi) is 8.46. The van der Waals surface area contributed by atoms with E-state index in [1.165, 1.54) is 38.5 Å². The van der Waals surface area contributed by atoms with Crippen molar-refractivity contribution in [3.63, 3.8) is 0 Å². The van der Waals surface area contributed by atoms with E-state index < -0.39 is 0 Å². The summed E-state index contributed by atoms with van der Waals surface area (Å²) in [6.45, 7) is 16.8. The molecule has 1 amide bonds. The van der Waals surface area contributed by atoms with Crippen LogP contribution in [-0.4, -0.2) is 53.1 Å². The van der Waals surface area contributed by atoms with Crippen LogP contribution in [0.5, 0.6) is 0 Å². The van der Waals surface area contributed by atoms with Crippen molar-refractivity contribution >= 4 is 11.8 Å². The third-order valence-electron chi connectivity index (χ3n) is 11.2. The fraction of sp³-hybridized carbons (Fsp3) is 0.933. The van der Waals surface area contributed by atoms with Crippen molar-refractivity contribution in [1.29, 1.82) is 0 Å². The van der Waals surface area contributed by atoms with Gasteiger partial charge in [-0.15, -0.1) is 0 Å². The number of carbonyl (C=O) groups is 1. The first kappa shape index (κ1) is 27.9. The van der Waals surface area contributed by atoms with Crippen LogP contribution in [0.15, 0.2) is 5.16 Å². The Balaban J connectivity index is 1.41. The summed E-state index contributed by atoms with van der Waals surface area (Å²) in [6.07, 6.45) is 10.4. The summed E-state index contributed by atoms with van der Waals surface area (Å²) in [7, 11) is 0. The zero-order valence-electron chi connectivity index (χ0n) is 24.1. The summed E-state index contributed by atoms with van der Waals surface area (Å²) in [4.78, 5) is 20.2. The highest BCUT2D eigenvalue weighted by molar-refractivity contribution is 5.85. The lowest BCUT2D eigenvalue weighted by Crippen LogP contribution is -2.54. The van der Waals surface area contributed by atoms with Crippen LogP contribution >= 0.6 is 0 Å². The monoisotopic (exact) mass is 503 g/mol. The van der Waals surface area contributed by atoms with E-state index in [1.54, 1.807) is 4.90 Å². The second kappa shape index (κ2) is 10.9. The number of amides is 1. The maximum atomic E-state index is 12.9. The van der Waals surface area contributed by atoms with E-state index in [-0.39, 0.29) is 23.7 Å². The summed E-state index contributed by atoms with van der Waals surface area (Å²) in [5.41, 5.74) is 1.65. The van der Waals surface area contributed by atoms with E-state index in [0.29, 0.717) is 29.8 Å². The number of nitrogens with zero attached hydrogens (tertiary/aromatic N) is 2. The molecule has 0 spiro atoms. The average molecular weight is 504 g/mol. The maximum absolute atomic E-state index is 12.9. The molecule has 206 valence electrons. The number of hydrogen-bond acceptors (Lipinski definition) is 5. The van der Waals surface area contributed by atoms with Crippen LogP contribution in [-0.2, 0) is 4.84 Å². The zero-order valence-corrected chi connectivity index (χ0v) is 24.1. The van der Waals surface area contributed by atoms with Crippen molar-refractivity contribution in [2.75, 3.05) is 13.1 Å². The van der Waals surface area contributed by atoms with E-state index in [2.05, 4.69) is 45.1 Å². The average Bonchev–Trinajstić information content (AvgIpc) is 3.17. The van der Waals surface area contributed by atoms with E-state index in [0.717, 1.165) is 49.3 Å². The van der Waals surface area contributed by atoms with Crippen LogP contribution in [0.2, 0.25) is 0 Å². The van der Waals surface area contributed by atoms with Crippen LogP contribution in [0.25, 0.3) is 0 Å². The molecule has 4 rings (SSSR count). The van der Waals surface area contributed by atoms with Gasteiger partial charge >= 0.3 is 6.09 Å². The topological polar surface area (TPSA) is 74.2 Å². The van der Waals surface area contributed by atoms with Gasteiger partial charge in [0.2, 0.25) is 0 Å². The van der Waals surface area contributed by atoms with Crippen LogP contribution in [0, 0.1) is 40.4 Å². The third kappa shape index (κ3) is 5.23. The first-order chi connectivity index (χ1) is 17.0. The largest absolute Gasteiger partial charge is 0.436 e. The molecule has 8 atom stereocenters. The predicted molar refractivity (Wildman–Crippen MR) is 146 cm³/mol. The van der Waals surface area contributed by atoms with E-state index >= 15 is 0 Å². The van der Waals surface area contributed by atoms with E-state index in [9.17, 15) is 9.90 Å². The molecule has 0 heterocycles. The van der Waals surface area contributed by atoms with Crippen molar-refractivity contribution < 1.29 is 14.7 Å². The molecular formula is C30H53N3O3. The fourth-order valence-electron chi connectivity index (χ4n) is 9.18. The molecule has 2 N–H and O–H groups in total. The maximum Gasteiger partial charge on any atom is 0.436 e. The second-order valence-corrected chi connectivity index (χ2v) is 13.7. The lowest BCUT2D eigenvalue weighted by molar-refractivity contribution is -0.123. The fourth-order valence-corrected chi connectivity index (χ4v) is 9.18. The molecule has 0 aliphatic heterocycles. The Bertz CT molecular complexity index is 813. The molecule has 0 radical (unpaired) electrons. The van der Waals surface area contributed by atoms with Gasteiger partial charge in [0.15, 0.2) is 0 Å². The Morgan fingerprint density at radius 2 is 1.72 bits per heavy atom. The molecule has 6 heteroatoms. The number of fused-ring (bicyclic) bond motifs is 5. The smallest absolute Gasteiger partial charge is 0.393 e. The minimum absolute atomic E-state index is 0.0722. The molecule has 0 saturated heterocycles. The molecule has 4 saturated carbocycles. The lowest BCUT2D eigenvalue weighted by atomic mass is 9.44. The van der Waals surface area contributed by atoms with Gasteiger partial charge in [0.25, 0.3) is 0 Å². The highest BCUT2D eigenvalue weighted by Crippen LogP contribution is 2.67. The Morgan fingerprint density at radius 3 is 2.42 bits per heavy atom. The van der Waals surface area contributed by atoms with E-state index in [4.69, 9.17) is 4.84 Å². The number of oxime groups is 1. The molecule has 0 aromatic rings. The summed E-state index contributed by atoms with van der Waals surface area (Å²) in [5.74, 6) is 3.43. The molecule has 0 aromatic heterocycles. The van der Waals surface area contributed by atoms with Gasteiger partial charge in [0, 0.05) is 31.1 Å². The highest BCUT2D eigenvalue weighted by atomic mass is 16.7. The third-order valence-corrected chi connectivity index (χ3v) is 11.2. The lowest BCUT2D eigenvalue weighted by Gasteiger charge is -2.61. The highest BCUT2D eigenvalue weighted by Gasteiger charge is 2.60. The van der Waals surface area contributed by atoms with Crippen molar-refractivity contribution in [1.82, 2.24) is 10.2 Å². The molecule has 0 aromatic carbocycles. The van der Waals surface area contributed by atoms with Crippen LogP contribution in [0.4, 0.5) is 4.79 Å². The van der Waals surface area contributed by atoms with Crippen molar-refractivity contribution in [2.24, 2.45) is 45.6 Å².